The lowest BCUT2D eigenvalue weighted by molar-refractivity contribution is 0.102. The van der Waals surface area contributed by atoms with Crippen LogP contribution in [0.5, 0.6) is 0 Å². The fourth-order valence-corrected chi connectivity index (χ4v) is 2.47. The molecule has 0 saturated heterocycles. The van der Waals surface area contributed by atoms with Gasteiger partial charge in [0.1, 0.15) is 5.69 Å². The van der Waals surface area contributed by atoms with Gasteiger partial charge in [0.05, 0.1) is 4.47 Å². The first kappa shape index (κ1) is 15.6. The van der Waals surface area contributed by atoms with Crippen LogP contribution in [0, 0.1) is 6.92 Å². The molecular weight excluding hydrogens is 358 g/mol. The maximum atomic E-state index is 12.2. The van der Waals surface area contributed by atoms with Gasteiger partial charge in [0.15, 0.2) is 0 Å². The molecule has 8 heteroatoms. The van der Waals surface area contributed by atoms with Gasteiger partial charge in [0.25, 0.3) is 5.91 Å². The van der Waals surface area contributed by atoms with Crippen molar-refractivity contribution in [3.63, 3.8) is 0 Å². The van der Waals surface area contributed by atoms with Crippen molar-refractivity contribution in [3.8, 4) is 0 Å². The number of carbonyl (C=O) groups is 1. The number of sulfone groups is 1. The lowest BCUT2D eigenvalue weighted by Gasteiger charge is -2.07. The predicted octanol–water partition coefficient (Wildman–Crippen LogP) is 2.20. The highest BCUT2D eigenvalue weighted by Crippen LogP contribution is 2.17. The molecule has 2 aromatic rings. The highest BCUT2D eigenvalue weighted by Gasteiger charge is 2.18. The van der Waals surface area contributed by atoms with E-state index in [0.29, 0.717) is 10.2 Å². The molecule has 21 heavy (non-hydrogen) atoms. The maximum Gasteiger partial charge on any atom is 0.275 e. The van der Waals surface area contributed by atoms with Gasteiger partial charge in [-0.05, 0) is 40.5 Å². The molecule has 0 spiro atoms. The Kier molecular flexibility index (Phi) is 4.38. The van der Waals surface area contributed by atoms with Gasteiger partial charge in [0, 0.05) is 18.1 Å². The lowest BCUT2D eigenvalue weighted by Crippen LogP contribution is -2.17. The molecule has 0 fully saturated rings. The van der Waals surface area contributed by atoms with Crippen LogP contribution in [0.15, 0.2) is 40.1 Å². The molecule has 2 rings (SSSR count). The van der Waals surface area contributed by atoms with Gasteiger partial charge >= 0.3 is 0 Å². The van der Waals surface area contributed by atoms with Crippen LogP contribution < -0.4 is 5.32 Å². The smallest absolute Gasteiger partial charge is 0.275 e. The van der Waals surface area contributed by atoms with E-state index in [1.165, 1.54) is 6.20 Å². The number of amides is 1. The van der Waals surface area contributed by atoms with E-state index in [2.05, 4.69) is 31.2 Å². The van der Waals surface area contributed by atoms with Crippen molar-refractivity contribution < 1.29 is 13.2 Å². The summed E-state index contributed by atoms with van der Waals surface area (Å²) in [6, 6.07) is 7.24. The first-order valence-electron chi connectivity index (χ1n) is 5.88. The number of rotatable bonds is 3. The van der Waals surface area contributed by atoms with Gasteiger partial charge in [-0.15, -0.1) is 0 Å². The van der Waals surface area contributed by atoms with Crippen LogP contribution in [-0.2, 0) is 9.84 Å². The zero-order chi connectivity index (χ0) is 15.6. The molecule has 1 amide bonds. The molecule has 0 saturated carbocycles. The monoisotopic (exact) mass is 369 g/mol. The number of halogens is 1. The Labute approximate surface area is 130 Å². The zero-order valence-corrected chi connectivity index (χ0v) is 13.7. The van der Waals surface area contributed by atoms with E-state index in [4.69, 9.17) is 0 Å². The average Bonchev–Trinajstić information content (AvgIpc) is 2.37. The summed E-state index contributed by atoms with van der Waals surface area (Å²) in [6.07, 6.45) is 2.23. The van der Waals surface area contributed by atoms with Crippen molar-refractivity contribution in [2.75, 3.05) is 11.6 Å². The molecule has 0 aliphatic heterocycles. The van der Waals surface area contributed by atoms with Gasteiger partial charge in [-0.2, -0.15) is 0 Å². The van der Waals surface area contributed by atoms with Crippen molar-refractivity contribution in [1.82, 2.24) is 9.97 Å². The number of aromatic nitrogens is 2. The van der Waals surface area contributed by atoms with Crippen molar-refractivity contribution in [3.05, 3.63) is 46.2 Å². The second-order valence-electron chi connectivity index (χ2n) is 4.44. The summed E-state index contributed by atoms with van der Waals surface area (Å²) < 4.78 is 23.2. The third kappa shape index (κ3) is 3.85. The minimum absolute atomic E-state index is 0.0352. The normalized spacial score (nSPS) is 11.2. The van der Waals surface area contributed by atoms with Crippen LogP contribution in [0.4, 0.5) is 5.69 Å². The van der Waals surface area contributed by atoms with Crippen molar-refractivity contribution in [1.29, 1.82) is 0 Å². The summed E-state index contributed by atoms with van der Waals surface area (Å²) in [7, 11) is -3.58. The fourth-order valence-electron chi connectivity index (χ4n) is 1.60. The van der Waals surface area contributed by atoms with E-state index in [9.17, 15) is 13.2 Å². The zero-order valence-electron chi connectivity index (χ0n) is 11.3. The Hall–Kier alpha value is -1.80. The number of benzene rings is 1. The number of hydrogen-bond acceptors (Lipinski definition) is 5. The lowest BCUT2D eigenvalue weighted by atomic mass is 10.2. The van der Waals surface area contributed by atoms with E-state index in [1.807, 2.05) is 19.1 Å². The number of nitrogens with one attached hydrogen (secondary N) is 1. The SMILES string of the molecule is Cc1cccc(NC(=O)c2nc(S(C)(=O)=O)ncc2Br)c1. The predicted molar refractivity (Wildman–Crippen MR) is 82.0 cm³/mol. The molecule has 0 atom stereocenters. The van der Waals surface area contributed by atoms with E-state index in [-0.39, 0.29) is 10.9 Å². The molecule has 1 N–H and O–H groups in total. The largest absolute Gasteiger partial charge is 0.321 e. The van der Waals surface area contributed by atoms with Crippen molar-refractivity contribution >= 4 is 37.4 Å². The van der Waals surface area contributed by atoms with Gasteiger partial charge in [0.2, 0.25) is 15.0 Å². The van der Waals surface area contributed by atoms with Crippen LogP contribution in [0.25, 0.3) is 0 Å². The summed E-state index contributed by atoms with van der Waals surface area (Å²) in [4.78, 5) is 19.7. The van der Waals surface area contributed by atoms with E-state index in [0.717, 1.165) is 11.8 Å². The van der Waals surface area contributed by atoms with Crippen LogP contribution in [0.1, 0.15) is 16.1 Å². The Morgan fingerprint density at radius 2 is 2.05 bits per heavy atom. The third-order valence-electron chi connectivity index (χ3n) is 2.54. The van der Waals surface area contributed by atoms with Crippen LogP contribution in [0.3, 0.4) is 0 Å². The van der Waals surface area contributed by atoms with E-state index < -0.39 is 15.7 Å². The minimum Gasteiger partial charge on any atom is -0.321 e. The summed E-state index contributed by atoms with van der Waals surface area (Å²) in [6.45, 7) is 1.90. The Morgan fingerprint density at radius 1 is 1.33 bits per heavy atom. The van der Waals surface area contributed by atoms with E-state index >= 15 is 0 Å². The fraction of sp³-hybridized carbons (Fsp3) is 0.154. The molecule has 0 aliphatic rings. The Bertz CT molecular complexity index is 806. The van der Waals surface area contributed by atoms with Crippen LogP contribution in [-0.4, -0.2) is 30.5 Å². The average molecular weight is 370 g/mol. The molecule has 1 aromatic carbocycles. The first-order chi connectivity index (χ1) is 9.77. The molecule has 6 nitrogen and oxygen atoms in total. The number of nitrogens with zero attached hydrogens (tertiary/aromatic N) is 2. The van der Waals surface area contributed by atoms with Crippen LogP contribution in [0.2, 0.25) is 0 Å². The summed E-state index contributed by atoms with van der Waals surface area (Å²) >= 11 is 3.14. The Morgan fingerprint density at radius 3 is 2.67 bits per heavy atom. The van der Waals surface area contributed by atoms with Gasteiger partial charge < -0.3 is 5.32 Å². The molecule has 0 bridgehead atoms. The quantitative estimate of drug-likeness (QED) is 0.837. The number of hydrogen-bond donors (Lipinski definition) is 1. The molecule has 1 heterocycles. The summed E-state index contributed by atoms with van der Waals surface area (Å²) in [5.74, 6) is -0.514. The number of carbonyl (C=O) groups excluding carboxylic acids is 1. The Balaban J connectivity index is 2.35. The second-order valence-corrected chi connectivity index (χ2v) is 7.21. The maximum absolute atomic E-state index is 12.2. The van der Waals surface area contributed by atoms with Crippen molar-refractivity contribution in [2.45, 2.75) is 12.1 Å². The number of aryl methyl sites for hydroxylation is 1. The molecule has 110 valence electrons. The topological polar surface area (TPSA) is 89.0 Å². The highest BCUT2D eigenvalue weighted by atomic mass is 79.9. The molecular formula is C13H12BrN3O3S. The molecule has 0 unspecified atom stereocenters. The third-order valence-corrected chi connectivity index (χ3v) is 3.98. The molecule has 1 aromatic heterocycles. The summed E-state index contributed by atoms with van der Waals surface area (Å²) in [5, 5.41) is 2.28. The standard InChI is InChI=1S/C13H12BrN3O3S/c1-8-4-3-5-9(6-8)16-12(18)11-10(14)7-15-13(17-11)21(2,19)20/h3-7H,1-2H3,(H,16,18). The number of anilines is 1. The van der Waals surface area contributed by atoms with Gasteiger partial charge in [-0.3, -0.25) is 4.79 Å². The second kappa shape index (κ2) is 5.90. The van der Waals surface area contributed by atoms with E-state index in [1.54, 1.807) is 12.1 Å². The van der Waals surface area contributed by atoms with Gasteiger partial charge in [-0.25, -0.2) is 18.4 Å². The van der Waals surface area contributed by atoms with Crippen LogP contribution >= 0.6 is 15.9 Å². The van der Waals surface area contributed by atoms with Gasteiger partial charge in [-0.1, -0.05) is 12.1 Å². The highest BCUT2D eigenvalue weighted by molar-refractivity contribution is 9.10. The summed E-state index contributed by atoms with van der Waals surface area (Å²) in [5.41, 5.74) is 1.56. The van der Waals surface area contributed by atoms with Crippen molar-refractivity contribution in [2.24, 2.45) is 0 Å². The molecule has 0 aliphatic carbocycles. The first-order valence-corrected chi connectivity index (χ1v) is 8.56. The molecule has 0 radical (unpaired) electrons. The minimum atomic E-state index is -3.58.